The minimum Gasteiger partial charge on any atom is -0.319 e. The number of benzene rings is 2. The Balaban J connectivity index is 1.69. The monoisotopic (exact) mass is 374 g/mol. The molecule has 0 saturated heterocycles. The summed E-state index contributed by atoms with van der Waals surface area (Å²) in [5.74, 6) is -0.0855. The van der Waals surface area contributed by atoms with Crippen molar-refractivity contribution in [2.45, 2.75) is 20.4 Å². The molecule has 0 aliphatic rings. The van der Waals surface area contributed by atoms with E-state index >= 15 is 0 Å². The normalized spacial score (nSPS) is 11.0. The maximum Gasteiger partial charge on any atom is 0.255 e. The van der Waals surface area contributed by atoms with E-state index in [0.717, 1.165) is 28.1 Å². The van der Waals surface area contributed by atoms with Gasteiger partial charge in [0, 0.05) is 23.9 Å². The summed E-state index contributed by atoms with van der Waals surface area (Å²) in [6.45, 7) is 4.52. The number of pyridine rings is 1. The van der Waals surface area contributed by atoms with Crippen molar-refractivity contribution in [3.8, 4) is 11.4 Å². The van der Waals surface area contributed by atoms with E-state index in [2.05, 4.69) is 15.3 Å². The standard InChI is InChI=1S/C22H19FN4O/c1-3-27-20(25-19-8-5-11-24-21(19)27)15-6-4-7-16(13-15)22(28)26-18-10-9-14(2)12-17(18)23/h4-13H,3H2,1-2H3,(H,26,28). The topological polar surface area (TPSA) is 59.8 Å². The summed E-state index contributed by atoms with van der Waals surface area (Å²) in [6, 6.07) is 15.6. The van der Waals surface area contributed by atoms with Crippen molar-refractivity contribution in [3.63, 3.8) is 0 Å². The molecule has 0 fully saturated rings. The van der Waals surface area contributed by atoms with Crippen LogP contribution in [-0.4, -0.2) is 20.4 Å². The number of amides is 1. The smallest absolute Gasteiger partial charge is 0.255 e. The van der Waals surface area contributed by atoms with Gasteiger partial charge >= 0.3 is 0 Å². The highest BCUT2D eigenvalue weighted by Crippen LogP contribution is 2.25. The van der Waals surface area contributed by atoms with Crippen molar-refractivity contribution >= 4 is 22.8 Å². The van der Waals surface area contributed by atoms with Crippen LogP contribution in [0, 0.1) is 12.7 Å². The predicted octanol–water partition coefficient (Wildman–Crippen LogP) is 4.82. The van der Waals surface area contributed by atoms with E-state index in [0.29, 0.717) is 12.1 Å². The molecule has 0 unspecified atom stereocenters. The molecule has 4 rings (SSSR count). The number of rotatable bonds is 4. The van der Waals surface area contributed by atoms with E-state index < -0.39 is 5.82 Å². The molecule has 4 aromatic rings. The minimum atomic E-state index is -0.455. The molecule has 0 atom stereocenters. The van der Waals surface area contributed by atoms with Gasteiger partial charge in [-0.15, -0.1) is 0 Å². The number of hydrogen-bond acceptors (Lipinski definition) is 3. The number of nitrogens with zero attached hydrogens (tertiary/aromatic N) is 3. The van der Waals surface area contributed by atoms with Gasteiger partial charge in [-0.25, -0.2) is 14.4 Å². The lowest BCUT2D eigenvalue weighted by Gasteiger charge is -2.09. The average molecular weight is 374 g/mol. The van der Waals surface area contributed by atoms with Crippen LogP contribution in [0.15, 0.2) is 60.8 Å². The van der Waals surface area contributed by atoms with Gasteiger partial charge in [-0.3, -0.25) is 4.79 Å². The Hall–Kier alpha value is -3.54. The third-order valence-electron chi connectivity index (χ3n) is 4.58. The number of nitrogens with one attached hydrogen (secondary N) is 1. The first-order valence-electron chi connectivity index (χ1n) is 9.06. The zero-order chi connectivity index (χ0) is 19.7. The summed E-state index contributed by atoms with van der Waals surface area (Å²) in [5.41, 5.74) is 3.79. The van der Waals surface area contributed by atoms with Crippen molar-refractivity contribution in [2.75, 3.05) is 5.32 Å². The van der Waals surface area contributed by atoms with Gasteiger partial charge in [0.2, 0.25) is 0 Å². The summed E-state index contributed by atoms with van der Waals surface area (Å²) in [6.07, 6.45) is 1.74. The van der Waals surface area contributed by atoms with Gasteiger partial charge in [0.05, 0.1) is 5.69 Å². The SMILES string of the molecule is CCn1c(-c2cccc(C(=O)Nc3ccc(C)cc3F)c2)nc2cccnc21. The Morgan fingerprint density at radius 1 is 1.14 bits per heavy atom. The van der Waals surface area contributed by atoms with E-state index in [1.165, 1.54) is 6.07 Å². The second-order valence-corrected chi connectivity index (χ2v) is 6.54. The van der Waals surface area contributed by atoms with Gasteiger partial charge < -0.3 is 9.88 Å². The van der Waals surface area contributed by atoms with E-state index in [1.54, 1.807) is 43.5 Å². The van der Waals surface area contributed by atoms with Crippen LogP contribution in [0.3, 0.4) is 0 Å². The maximum atomic E-state index is 14.1. The Bertz CT molecular complexity index is 1180. The molecule has 140 valence electrons. The van der Waals surface area contributed by atoms with Gasteiger partial charge in [-0.05, 0) is 55.8 Å². The van der Waals surface area contributed by atoms with Gasteiger partial charge in [-0.1, -0.05) is 18.2 Å². The quantitative estimate of drug-likeness (QED) is 0.557. The fourth-order valence-corrected chi connectivity index (χ4v) is 3.19. The molecule has 2 aromatic heterocycles. The Labute approximate surface area is 161 Å². The number of anilines is 1. The fourth-order valence-electron chi connectivity index (χ4n) is 3.19. The van der Waals surface area contributed by atoms with Gasteiger partial charge in [0.1, 0.15) is 17.2 Å². The van der Waals surface area contributed by atoms with Crippen molar-refractivity contribution in [2.24, 2.45) is 0 Å². The number of carbonyl (C=O) groups excluding carboxylic acids is 1. The van der Waals surface area contributed by atoms with Crippen LogP contribution < -0.4 is 5.32 Å². The summed E-state index contributed by atoms with van der Waals surface area (Å²) in [4.78, 5) is 21.7. The molecule has 0 aliphatic carbocycles. The zero-order valence-electron chi connectivity index (χ0n) is 15.6. The molecule has 2 aromatic carbocycles. The van der Waals surface area contributed by atoms with Crippen LogP contribution in [-0.2, 0) is 6.54 Å². The number of carbonyl (C=O) groups is 1. The molecular weight excluding hydrogens is 355 g/mol. The molecule has 2 heterocycles. The lowest BCUT2D eigenvalue weighted by molar-refractivity contribution is 0.102. The van der Waals surface area contributed by atoms with E-state index in [9.17, 15) is 9.18 Å². The minimum absolute atomic E-state index is 0.158. The van der Waals surface area contributed by atoms with Crippen LogP contribution in [0.5, 0.6) is 0 Å². The predicted molar refractivity (Wildman–Crippen MR) is 108 cm³/mol. The fraction of sp³-hybridized carbons (Fsp3) is 0.136. The number of hydrogen-bond donors (Lipinski definition) is 1. The lowest BCUT2D eigenvalue weighted by atomic mass is 10.1. The lowest BCUT2D eigenvalue weighted by Crippen LogP contribution is -2.13. The molecule has 6 heteroatoms. The van der Waals surface area contributed by atoms with E-state index in [4.69, 9.17) is 0 Å². The summed E-state index contributed by atoms with van der Waals surface area (Å²) < 4.78 is 16.1. The van der Waals surface area contributed by atoms with Gasteiger partial charge in [0.15, 0.2) is 5.65 Å². The second kappa shape index (κ2) is 7.23. The molecule has 0 aliphatic heterocycles. The number of imidazole rings is 1. The van der Waals surface area contributed by atoms with E-state index in [-0.39, 0.29) is 11.6 Å². The molecule has 1 N–H and O–H groups in total. The highest BCUT2D eigenvalue weighted by atomic mass is 19.1. The van der Waals surface area contributed by atoms with Crippen LogP contribution in [0.25, 0.3) is 22.6 Å². The molecule has 0 spiro atoms. The number of fused-ring (bicyclic) bond motifs is 1. The molecule has 5 nitrogen and oxygen atoms in total. The summed E-state index contributed by atoms with van der Waals surface area (Å²) in [5, 5.41) is 2.63. The van der Waals surface area contributed by atoms with Crippen LogP contribution >= 0.6 is 0 Å². The Kier molecular flexibility index (Phi) is 4.61. The van der Waals surface area contributed by atoms with Crippen LogP contribution in [0.1, 0.15) is 22.8 Å². The third kappa shape index (κ3) is 3.24. The maximum absolute atomic E-state index is 14.1. The number of aryl methyl sites for hydroxylation is 2. The molecule has 1 amide bonds. The Morgan fingerprint density at radius 3 is 2.79 bits per heavy atom. The first kappa shape index (κ1) is 17.9. The largest absolute Gasteiger partial charge is 0.319 e. The summed E-state index contributed by atoms with van der Waals surface area (Å²) in [7, 11) is 0. The zero-order valence-corrected chi connectivity index (χ0v) is 15.6. The highest BCUT2D eigenvalue weighted by Gasteiger charge is 2.15. The van der Waals surface area contributed by atoms with E-state index in [1.807, 2.05) is 29.7 Å². The van der Waals surface area contributed by atoms with Crippen molar-refractivity contribution < 1.29 is 9.18 Å². The first-order chi connectivity index (χ1) is 13.6. The first-order valence-corrected chi connectivity index (χ1v) is 9.06. The third-order valence-corrected chi connectivity index (χ3v) is 4.58. The average Bonchev–Trinajstić information content (AvgIpc) is 3.09. The molecule has 0 bridgehead atoms. The molecule has 0 saturated carbocycles. The van der Waals surface area contributed by atoms with Crippen molar-refractivity contribution in [1.29, 1.82) is 0 Å². The molecule has 28 heavy (non-hydrogen) atoms. The van der Waals surface area contributed by atoms with Crippen LogP contribution in [0.4, 0.5) is 10.1 Å². The van der Waals surface area contributed by atoms with Crippen molar-refractivity contribution in [3.05, 3.63) is 77.7 Å². The van der Waals surface area contributed by atoms with Crippen molar-refractivity contribution in [1.82, 2.24) is 14.5 Å². The Morgan fingerprint density at radius 2 is 2.00 bits per heavy atom. The second-order valence-electron chi connectivity index (χ2n) is 6.54. The van der Waals surface area contributed by atoms with Crippen LogP contribution in [0.2, 0.25) is 0 Å². The highest BCUT2D eigenvalue weighted by molar-refractivity contribution is 6.05. The molecule has 0 radical (unpaired) electrons. The van der Waals surface area contributed by atoms with Gasteiger partial charge in [0.25, 0.3) is 5.91 Å². The summed E-state index contributed by atoms with van der Waals surface area (Å²) >= 11 is 0. The number of halogens is 1. The van der Waals surface area contributed by atoms with Gasteiger partial charge in [-0.2, -0.15) is 0 Å². The molecular formula is C22H19FN4O. The number of aromatic nitrogens is 3.